The first kappa shape index (κ1) is 26.4. The van der Waals surface area contributed by atoms with Crippen molar-refractivity contribution in [1.29, 1.82) is 0 Å². The molecule has 14 heteroatoms. The Morgan fingerprint density at radius 1 is 1.18 bits per heavy atom. The van der Waals surface area contributed by atoms with Gasteiger partial charge >= 0.3 is 131 Å². The Labute approximate surface area is 214 Å². The molecule has 3 rings (SSSR count). The third-order valence-electron chi connectivity index (χ3n) is 4.36. The standard InChI is InChI=1S/C19H18N7O5.Bi.Zn/c20-19-25-15-14(17(29)26-19)23-12(9-22-15)8-21-11-5-3-10(4-6-11)16(28)24-13(18(30)31)2-1-7-27;;/h3-6,9,13,21H,1-2,8H2,(H,24,28)(H,30,31)(H3,20,22,25,26,29);;/t13-;;/m0../s1. The van der Waals surface area contributed by atoms with Crippen molar-refractivity contribution >= 4 is 62.9 Å². The van der Waals surface area contributed by atoms with Crippen LogP contribution in [0.1, 0.15) is 28.9 Å². The number of rotatable bonds is 9. The third-order valence-corrected chi connectivity index (χ3v) is 5.23. The summed E-state index contributed by atoms with van der Waals surface area (Å²) in [6, 6.07) is 5.24. The topological polar surface area (TPSA) is 193 Å². The predicted octanol–water partition coefficient (Wildman–Crippen LogP) is -0.437. The van der Waals surface area contributed by atoms with E-state index in [-0.39, 0.29) is 65.0 Å². The second-order valence-corrected chi connectivity index (χ2v) is 8.65. The smallest absolute Gasteiger partial charge is 0.280 e. The maximum Gasteiger partial charge on any atom is 0.280 e. The van der Waals surface area contributed by atoms with Gasteiger partial charge in [-0.25, -0.2) is 9.97 Å². The molecule has 0 fully saturated rings. The number of nitrogens with one attached hydrogen (secondary N) is 3. The van der Waals surface area contributed by atoms with Gasteiger partial charge in [-0.15, -0.1) is 0 Å². The molecule has 2 radical (unpaired) electrons. The second-order valence-electron chi connectivity index (χ2n) is 6.71. The summed E-state index contributed by atoms with van der Waals surface area (Å²) < 4.78 is -0.0398. The van der Waals surface area contributed by atoms with Crippen LogP contribution in [-0.4, -0.2) is 71.2 Å². The number of carbonyl (C=O) groups excluding carboxylic acids is 2. The van der Waals surface area contributed by atoms with Crippen LogP contribution in [0.4, 0.5) is 11.6 Å². The molecular weight excluding hydrogens is 681 g/mol. The Morgan fingerprint density at radius 3 is 2.52 bits per heavy atom. The van der Waals surface area contributed by atoms with E-state index in [1.54, 1.807) is 12.1 Å². The molecule has 1 amide bonds. The number of carboxylic acids is 1. The molecule has 0 saturated carbocycles. The summed E-state index contributed by atoms with van der Waals surface area (Å²) in [4.78, 5) is 61.3. The van der Waals surface area contributed by atoms with E-state index in [1.807, 2.05) is 0 Å². The molecule has 0 spiro atoms. The average Bonchev–Trinajstić information content (AvgIpc) is 2.75. The number of carboxylic acid groups (broad SMARTS) is 1. The van der Waals surface area contributed by atoms with Gasteiger partial charge in [-0.3, -0.25) is 9.78 Å². The number of amides is 1. The minimum Gasteiger partial charge on any atom is -0.291 e. The van der Waals surface area contributed by atoms with Crippen molar-refractivity contribution in [2.45, 2.75) is 25.4 Å². The van der Waals surface area contributed by atoms with Gasteiger partial charge in [-0.1, -0.05) is 0 Å². The molecule has 33 heavy (non-hydrogen) atoms. The zero-order valence-corrected chi connectivity index (χ0v) is 23.7. The van der Waals surface area contributed by atoms with E-state index in [4.69, 9.17) is 5.73 Å². The molecule has 166 valence electrons. The quantitative estimate of drug-likeness (QED) is 0.183. The normalized spacial score (nSPS) is 11.3. The number of hydrogen-bond acceptors (Lipinski definition) is 9. The van der Waals surface area contributed by atoms with Crippen molar-refractivity contribution < 1.29 is 39.0 Å². The summed E-state index contributed by atoms with van der Waals surface area (Å²) in [5.41, 5.74) is 6.66. The van der Waals surface area contributed by atoms with Crippen molar-refractivity contribution in [1.82, 2.24) is 25.3 Å². The van der Waals surface area contributed by atoms with Gasteiger partial charge in [-0.2, -0.15) is 4.98 Å². The van der Waals surface area contributed by atoms with Gasteiger partial charge in [0.25, 0.3) is 5.56 Å². The Kier molecular flexibility index (Phi) is 9.49. The van der Waals surface area contributed by atoms with Gasteiger partial charge in [-0.05, 0) is 0 Å². The summed E-state index contributed by atoms with van der Waals surface area (Å²) >= 11 is 0.548. The molecule has 0 aliphatic heterocycles. The molecule has 12 nitrogen and oxygen atoms in total. The van der Waals surface area contributed by atoms with Crippen molar-refractivity contribution in [2.75, 3.05) is 11.1 Å². The molecule has 3 aromatic rings. The Morgan fingerprint density at radius 2 is 1.88 bits per heavy atom. The molecule has 0 aliphatic rings. The Bertz CT molecular complexity index is 1240. The first-order chi connectivity index (χ1) is 15.2. The Hall–Kier alpha value is -2.84. The number of hydrogen-bond donors (Lipinski definition) is 5. The number of benzene rings is 1. The molecular formula is C19H18BiN7O5Zn. The van der Waals surface area contributed by atoms with Crippen LogP contribution >= 0.6 is 0 Å². The van der Waals surface area contributed by atoms with Gasteiger partial charge in [0.05, 0.1) is 11.9 Å². The first-order valence-electron chi connectivity index (χ1n) is 9.33. The van der Waals surface area contributed by atoms with Crippen LogP contribution in [0.2, 0.25) is 0 Å². The fraction of sp³-hybridized carbons (Fsp3) is 0.211. The summed E-state index contributed by atoms with van der Waals surface area (Å²) in [5.74, 6) is -1.78. The Balaban J connectivity index is 0.00000385. The van der Waals surface area contributed by atoms with Crippen LogP contribution in [0.3, 0.4) is 0 Å². The van der Waals surface area contributed by atoms with Gasteiger partial charge < -0.3 is 5.73 Å². The van der Waals surface area contributed by atoms with E-state index >= 15 is 0 Å². The maximum atomic E-state index is 12.3. The molecule has 0 aliphatic carbocycles. The molecule has 1 atom stereocenters. The van der Waals surface area contributed by atoms with Crippen LogP contribution in [0.5, 0.6) is 0 Å². The number of H-pyrrole nitrogens is 1. The van der Waals surface area contributed by atoms with Gasteiger partial charge in [0.15, 0.2) is 11.2 Å². The van der Waals surface area contributed by atoms with Crippen LogP contribution in [0, 0.1) is 0 Å². The average molecular weight is 699 g/mol. The van der Waals surface area contributed by atoms with Gasteiger partial charge in [0.2, 0.25) is 5.95 Å². The predicted molar refractivity (Wildman–Crippen MR) is 115 cm³/mol. The van der Waals surface area contributed by atoms with Crippen molar-refractivity contribution in [3.63, 3.8) is 0 Å². The zero-order chi connectivity index (χ0) is 23.3. The number of aliphatic carboxylic acids is 1. The van der Waals surface area contributed by atoms with Crippen molar-refractivity contribution in [3.05, 3.63) is 52.1 Å². The number of nitrogen functional groups attached to an aromatic ring is 1. The van der Waals surface area contributed by atoms with E-state index in [1.165, 1.54) is 18.3 Å². The molecule has 2 aromatic heterocycles. The molecule has 6 N–H and O–H groups in total. The second kappa shape index (κ2) is 11.9. The van der Waals surface area contributed by atoms with E-state index < -0.39 is 23.5 Å². The summed E-state index contributed by atoms with van der Waals surface area (Å²) in [6.45, 7) is 0.257. The number of carbonyl (C=O) groups is 3. The number of nitrogens with two attached hydrogens (primary N) is 1. The number of nitrogens with zero attached hydrogens (tertiary/aromatic N) is 3. The van der Waals surface area contributed by atoms with Crippen LogP contribution in [0.15, 0.2) is 35.3 Å². The van der Waals surface area contributed by atoms with E-state index in [0.717, 1.165) is 0 Å². The van der Waals surface area contributed by atoms with Crippen LogP contribution < -0.4 is 21.9 Å². The fourth-order valence-corrected chi connectivity index (χ4v) is 3.26. The molecule has 0 unspecified atom stereocenters. The van der Waals surface area contributed by atoms with Crippen molar-refractivity contribution in [2.24, 2.45) is 0 Å². The maximum absolute atomic E-state index is 12.3. The van der Waals surface area contributed by atoms with Gasteiger partial charge in [0, 0.05) is 19.5 Å². The molecule has 2 heterocycles. The minimum absolute atomic E-state index is 0. The van der Waals surface area contributed by atoms with Gasteiger partial charge in [0.1, 0.15) is 0 Å². The largest absolute Gasteiger partial charge is 0.291 e. The molecule has 0 bridgehead atoms. The SMILES string of the molecule is Nc1nc2ncc(CNc3ccc(C(=O)N[C@@H](CC[C](=O)[Bi])C(=O)O)cc3)nc2c(=O)[nH]1.[Zn]. The van der Waals surface area contributed by atoms with E-state index in [9.17, 15) is 24.3 Å². The summed E-state index contributed by atoms with van der Waals surface area (Å²) in [5, 5.41) is 14.8. The number of anilines is 2. The van der Waals surface area contributed by atoms with E-state index in [2.05, 4.69) is 30.6 Å². The zero-order valence-electron chi connectivity index (χ0n) is 17.2. The number of aromatic amines is 1. The third kappa shape index (κ3) is 7.33. The fourth-order valence-electron chi connectivity index (χ4n) is 2.75. The van der Waals surface area contributed by atoms with Crippen LogP contribution in [0.25, 0.3) is 11.2 Å². The molecule has 1 aromatic carbocycles. The summed E-state index contributed by atoms with van der Waals surface area (Å²) in [7, 11) is 0. The molecule has 0 saturated heterocycles. The van der Waals surface area contributed by atoms with Crippen molar-refractivity contribution in [3.8, 4) is 0 Å². The number of fused-ring (bicyclic) bond motifs is 1. The number of aromatic nitrogens is 4. The van der Waals surface area contributed by atoms with Crippen LogP contribution in [-0.2, 0) is 35.6 Å². The summed E-state index contributed by atoms with van der Waals surface area (Å²) in [6.07, 6.45) is 1.63. The minimum atomic E-state index is -1.19. The monoisotopic (exact) mass is 697 g/mol. The first-order valence-corrected chi connectivity index (χ1v) is 11.1. The van der Waals surface area contributed by atoms with E-state index in [0.29, 0.717) is 36.1 Å².